The highest BCUT2D eigenvalue weighted by atomic mass is 32.2. The zero-order valence-electron chi connectivity index (χ0n) is 16.0. The molecular weight excluding hydrogens is 360 g/mol. The number of anilines is 1. The van der Waals surface area contributed by atoms with Gasteiger partial charge >= 0.3 is 11.8 Å². The first-order valence-corrected chi connectivity index (χ1v) is 11.0. The number of carbonyl (C=O) groups excluding carboxylic acids is 2. The molecule has 2 N–H and O–H groups in total. The normalized spacial score (nSPS) is 33.7. The Kier molecular flexibility index (Phi) is 5.21. The number of ether oxygens (including phenoxy) is 1. The number of amides is 2. The van der Waals surface area contributed by atoms with Crippen LogP contribution in [0.4, 0.5) is 5.69 Å². The Morgan fingerprint density at radius 2 is 1.78 bits per heavy atom. The van der Waals surface area contributed by atoms with Crippen molar-refractivity contribution in [3.05, 3.63) is 24.3 Å². The summed E-state index contributed by atoms with van der Waals surface area (Å²) >= 11 is 1.59. The van der Waals surface area contributed by atoms with Gasteiger partial charge in [-0.15, -0.1) is 11.8 Å². The molecule has 4 saturated carbocycles. The van der Waals surface area contributed by atoms with Crippen molar-refractivity contribution in [2.75, 3.05) is 25.2 Å². The fraction of sp³-hybridized carbons (Fsp3) is 0.619. The first-order valence-electron chi connectivity index (χ1n) is 9.82. The molecule has 4 bridgehead atoms. The lowest BCUT2D eigenvalue weighted by molar-refractivity contribution is -0.188. The third-order valence-corrected chi connectivity index (χ3v) is 7.68. The number of carbonyl (C=O) groups is 2. The van der Waals surface area contributed by atoms with Crippen LogP contribution in [-0.2, 0) is 14.3 Å². The quantitative estimate of drug-likeness (QED) is 0.600. The van der Waals surface area contributed by atoms with E-state index >= 15 is 0 Å². The molecule has 0 radical (unpaired) electrons. The van der Waals surface area contributed by atoms with E-state index in [4.69, 9.17) is 4.74 Å². The fourth-order valence-corrected chi connectivity index (χ4v) is 6.32. The van der Waals surface area contributed by atoms with Crippen molar-refractivity contribution in [3.63, 3.8) is 0 Å². The molecule has 6 heteroatoms. The van der Waals surface area contributed by atoms with E-state index in [0.717, 1.165) is 16.7 Å². The summed E-state index contributed by atoms with van der Waals surface area (Å²) in [6.45, 7) is 0.426. The molecule has 146 valence electrons. The summed E-state index contributed by atoms with van der Waals surface area (Å²) < 4.78 is 6.04. The molecule has 1 aromatic carbocycles. The average molecular weight is 389 g/mol. The van der Waals surface area contributed by atoms with Crippen molar-refractivity contribution >= 4 is 29.3 Å². The van der Waals surface area contributed by atoms with E-state index in [9.17, 15) is 9.59 Å². The molecule has 0 unspecified atom stereocenters. The second-order valence-corrected chi connectivity index (χ2v) is 9.21. The van der Waals surface area contributed by atoms with E-state index < -0.39 is 11.8 Å². The van der Waals surface area contributed by atoms with Gasteiger partial charge in [0.1, 0.15) is 0 Å². The summed E-state index contributed by atoms with van der Waals surface area (Å²) in [5.74, 6) is 1.45. The third-order valence-electron chi connectivity index (χ3n) is 6.96. The van der Waals surface area contributed by atoms with Gasteiger partial charge in [0.25, 0.3) is 0 Å². The Bertz CT molecular complexity index is 708. The molecular formula is C21H28N2O3S. The van der Waals surface area contributed by atoms with Crippen LogP contribution in [0.25, 0.3) is 0 Å². The van der Waals surface area contributed by atoms with Crippen LogP contribution in [0.15, 0.2) is 29.2 Å². The topological polar surface area (TPSA) is 67.4 Å². The van der Waals surface area contributed by atoms with Crippen molar-refractivity contribution in [1.29, 1.82) is 0 Å². The molecule has 27 heavy (non-hydrogen) atoms. The maximum atomic E-state index is 12.4. The van der Waals surface area contributed by atoms with Crippen LogP contribution in [0, 0.1) is 23.7 Å². The third kappa shape index (κ3) is 3.49. The van der Waals surface area contributed by atoms with Crippen LogP contribution in [0.2, 0.25) is 0 Å². The smallest absolute Gasteiger partial charge is 0.313 e. The summed E-state index contributed by atoms with van der Waals surface area (Å²) in [6, 6.07) is 7.49. The second kappa shape index (κ2) is 7.47. The average Bonchev–Trinajstić information content (AvgIpc) is 2.67. The molecule has 0 aliphatic heterocycles. The molecule has 0 atom stereocenters. The van der Waals surface area contributed by atoms with E-state index in [0.29, 0.717) is 24.1 Å². The number of thioether (sulfide) groups is 1. The predicted octanol–water partition coefficient (Wildman–Crippen LogP) is 3.30. The Morgan fingerprint density at radius 1 is 1.11 bits per heavy atom. The second-order valence-electron chi connectivity index (χ2n) is 8.33. The molecule has 1 aromatic rings. The Balaban J connectivity index is 1.38. The summed E-state index contributed by atoms with van der Waals surface area (Å²) in [5, 5.41) is 5.56. The Morgan fingerprint density at radius 3 is 2.37 bits per heavy atom. The minimum absolute atomic E-state index is 0.303. The van der Waals surface area contributed by atoms with Gasteiger partial charge in [-0.2, -0.15) is 0 Å². The molecule has 5 rings (SSSR count). The van der Waals surface area contributed by atoms with Crippen molar-refractivity contribution in [2.24, 2.45) is 23.7 Å². The molecule has 4 aliphatic rings. The summed E-state index contributed by atoms with van der Waals surface area (Å²) in [5.41, 5.74) is 0.334. The van der Waals surface area contributed by atoms with Crippen LogP contribution < -0.4 is 10.6 Å². The van der Waals surface area contributed by atoms with Crippen LogP contribution in [0.3, 0.4) is 0 Å². The monoisotopic (exact) mass is 388 g/mol. The molecule has 0 saturated heterocycles. The molecule has 4 fully saturated rings. The van der Waals surface area contributed by atoms with Gasteiger partial charge in [-0.1, -0.05) is 6.07 Å². The van der Waals surface area contributed by atoms with Crippen molar-refractivity contribution in [2.45, 2.75) is 42.6 Å². The minimum atomic E-state index is -0.622. The van der Waals surface area contributed by atoms with Crippen LogP contribution in [0.5, 0.6) is 0 Å². The van der Waals surface area contributed by atoms with Crippen LogP contribution in [-0.4, -0.2) is 37.3 Å². The number of nitrogens with one attached hydrogen (secondary N) is 2. The van der Waals surface area contributed by atoms with Gasteiger partial charge in [-0.25, -0.2) is 0 Å². The van der Waals surface area contributed by atoms with E-state index in [1.807, 2.05) is 24.5 Å². The van der Waals surface area contributed by atoms with Crippen molar-refractivity contribution in [1.82, 2.24) is 5.32 Å². The highest BCUT2D eigenvalue weighted by Gasteiger charge is 2.57. The van der Waals surface area contributed by atoms with Crippen molar-refractivity contribution < 1.29 is 14.3 Å². The number of hydrogen-bond acceptors (Lipinski definition) is 4. The molecule has 0 aromatic heterocycles. The largest absolute Gasteiger partial charge is 0.376 e. The predicted molar refractivity (Wildman–Crippen MR) is 107 cm³/mol. The highest BCUT2D eigenvalue weighted by Crippen LogP contribution is 2.59. The standard InChI is InChI=1S/C21H28N2O3S/c1-26-21(15-7-13-6-14(9-15)10-16(21)8-13)12-22-19(24)20(25)23-17-4-3-5-18(11-17)27-2/h3-5,11,13-16H,6-10,12H2,1-2H3,(H,22,24)(H,23,25). The van der Waals surface area contributed by atoms with Gasteiger partial charge in [0.15, 0.2) is 0 Å². The van der Waals surface area contributed by atoms with E-state index in [2.05, 4.69) is 10.6 Å². The molecule has 0 heterocycles. The van der Waals surface area contributed by atoms with Gasteiger partial charge in [0, 0.05) is 24.2 Å². The van der Waals surface area contributed by atoms with Crippen LogP contribution in [0.1, 0.15) is 32.1 Å². The summed E-state index contributed by atoms with van der Waals surface area (Å²) in [4.78, 5) is 25.8. The molecule has 0 spiro atoms. The first-order chi connectivity index (χ1) is 13.0. The van der Waals surface area contributed by atoms with Crippen molar-refractivity contribution in [3.8, 4) is 0 Å². The van der Waals surface area contributed by atoms with E-state index in [-0.39, 0.29) is 5.60 Å². The Labute approximate surface area is 165 Å². The lowest BCUT2D eigenvalue weighted by Gasteiger charge is -2.60. The zero-order chi connectivity index (χ0) is 19.0. The number of benzene rings is 1. The molecule has 4 aliphatic carbocycles. The van der Waals surface area contributed by atoms with Gasteiger partial charge in [-0.3, -0.25) is 9.59 Å². The van der Waals surface area contributed by atoms with Gasteiger partial charge < -0.3 is 15.4 Å². The lowest BCUT2D eigenvalue weighted by Crippen LogP contribution is -2.63. The minimum Gasteiger partial charge on any atom is -0.376 e. The Hall–Kier alpha value is -1.53. The SMILES string of the molecule is COC1(CNC(=O)C(=O)Nc2cccc(SC)c2)C2CC3CC(C2)CC1C3. The number of rotatable bonds is 5. The van der Waals surface area contributed by atoms with Crippen LogP contribution >= 0.6 is 11.8 Å². The zero-order valence-corrected chi connectivity index (χ0v) is 16.8. The number of hydrogen-bond donors (Lipinski definition) is 2. The van der Waals surface area contributed by atoms with E-state index in [1.54, 1.807) is 24.9 Å². The van der Waals surface area contributed by atoms with Gasteiger partial charge in [0.2, 0.25) is 0 Å². The highest BCUT2D eigenvalue weighted by molar-refractivity contribution is 7.98. The van der Waals surface area contributed by atoms with Gasteiger partial charge in [-0.05, 0) is 80.2 Å². The summed E-state index contributed by atoms with van der Waals surface area (Å²) in [7, 11) is 1.77. The fourth-order valence-electron chi connectivity index (χ4n) is 5.86. The lowest BCUT2D eigenvalue weighted by atomic mass is 9.49. The van der Waals surface area contributed by atoms with Gasteiger partial charge in [0.05, 0.1) is 5.60 Å². The first kappa shape index (κ1) is 18.8. The number of methoxy groups -OCH3 is 1. The molecule has 5 nitrogen and oxygen atoms in total. The van der Waals surface area contributed by atoms with E-state index in [1.165, 1.54) is 32.1 Å². The maximum Gasteiger partial charge on any atom is 0.313 e. The molecule has 2 amide bonds. The summed E-state index contributed by atoms with van der Waals surface area (Å²) in [6.07, 6.45) is 8.14. The maximum absolute atomic E-state index is 12.4.